The van der Waals surface area contributed by atoms with E-state index in [1.807, 2.05) is 47.0 Å². The molecule has 1 aromatic heterocycles. The third kappa shape index (κ3) is 5.96. The molecule has 3 aromatic carbocycles. The van der Waals surface area contributed by atoms with Gasteiger partial charge in [0.25, 0.3) is 11.7 Å². The summed E-state index contributed by atoms with van der Waals surface area (Å²) in [5.74, 6) is 0.169. The van der Waals surface area contributed by atoms with Gasteiger partial charge in [-0.1, -0.05) is 42.5 Å². The average Bonchev–Trinajstić information content (AvgIpc) is 3.36. The van der Waals surface area contributed by atoms with Gasteiger partial charge in [0, 0.05) is 11.1 Å². The van der Waals surface area contributed by atoms with Gasteiger partial charge >= 0.3 is 5.16 Å². The molecule has 1 amide bonds. The Kier molecular flexibility index (Phi) is 8.16. The van der Waals surface area contributed by atoms with Crippen LogP contribution in [0.15, 0.2) is 83.1 Å². The van der Waals surface area contributed by atoms with Gasteiger partial charge in [0.15, 0.2) is 11.5 Å². The number of amides is 1. The van der Waals surface area contributed by atoms with Crippen LogP contribution in [0.1, 0.15) is 15.9 Å². The average molecular weight is 518 g/mol. The number of nitrogens with zero attached hydrogens (tertiary/aromatic N) is 3. The molecule has 4 rings (SSSR count). The predicted molar refractivity (Wildman–Crippen MR) is 136 cm³/mol. The molecule has 0 aliphatic carbocycles. The minimum absolute atomic E-state index is 0.0157. The minimum atomic E-state index is -1.32. The topological polar surface area (TPSA) is 133 Å². The monoisotopic (exact) mass is 517 g/mol. The highest BCUT2D eigenvalue weighted by Crippen LogP contribution is 2.31. The van der Waals surface area contributed by atoms with Gasteiger partial charge in [-0.3, -0.25) is 4.79 Å². The molecule has 0 fully saturated rings. The fourth-order valence-electron chi connectivity index (χ4n) is 3.52. The zero-order valence-corrected chi connectivity index (χ0v) is 20.8. The molecule has 0 bridgehead atoms. The number of benzene rings is 3. The number of carbonyl (C=O) groups is 2. The van der Waals surface area contributed by atoms with Crippen LogP contribution in [0.4, 0.5) is 0 Å². The van der Waals surface area contributed by atoms with Crippen molar-refractivity contribution in [2.45, 2.75) is 5.16 Å². The number of methoxy groups -OCH3 is 2. The van der Waals surface area contributed by atoms with Crippen molar-refractivity contribution in [1.82, 2.24) is 15.6 Å². The van der Waals surface area contributed by atoms with Crippen molar-refractivity contribution in [2.24, 2.45) is 5.10 Å². The normalized spacial score (nSPS) is 10.9. The SMILES string of the molecule is COc1ccc(-c2[nH]nc(SCC(=O)N/N=C/c3ccccc3C(=O)[O-])[n+]2-c2ccccc2)cc1OC. The van der Waals surface area contributed by atoms with Crippen molar-refractivity contribution in [3.63, 3.8) is 0 Å². The first-order valence-corrected chi connectivity index (χ1v) is 12.0. The maximum atomic E-state index is 12.5. The smallest absolute Gasteiger partial charge is 0.342 e. The summed E-state index contributed by atoms with van der Waals surface area (Å²) in [7, 11) is 3.14. The van der Waals surface area contributed by atoms with Crippen molar-refractivity contribution in [1.29, 1.82) is 0 Å². The molecule has 0 unspecified atom stereocenters. The first-order valence-electron chi connectivity index (χ1n) is 11.0. The first kappa shape index (κ1) is 25.5. The number of carbonyl (C=O) groups excluding carboxylic acids is 2. The number of aromatic amines is 1. The van der Waals surface area contributed by atoms with Gasteiger partial charge in [0.2, 0.25) is 0 Å². The molecular weight excluding hydrogens is 494 g/mol. The number of para-hydroxylation sites is 1. The lowest BCUT2D eigenvalue weighted by Crippen LogP contribution is -2.34. The summed E-state index contributed by atoms with van der Waals surface area (Å²) in [5, 5.41) is 23.1. The second kappa shape index (κ2) is 11.9. The second-order valence-electron chi connectivity index (χ2n) is 7.55. The van der Waals surface area contributed by atoms with Crippen LogP contribution in [0.2, 0.25) is 0 Å². The Morgan fingerprint density at radius 2 is 1.78 bits per heavy atom. The van der Waals surface area contributed by atoms with Gasteiger partial charge in [0.1, 0.15) is 5.69 Å². The number of carboxylic acids is 1. The highest BCUT2D eigenvalue weighted by molar-refractivity contribution is 7.99. The van der Waals surface area contributed by atoms with Gasteiger partial charge in [0.05, 0.1) is 42.8 Å². The van der Waals surface area contributed by atoms with Crippen LogP contribution in [0.3, 0.4) is 0 Å². The van der Waals surface area contributed by atoms with Crippen LogP contribution in [-0.2, 0) is 4.79 Å². The Bertz CT molecular complexity index is 1440. The van der Waals surface area contributed by atoms with E-state index in [0.29, 0.717) is 28.0 Å². The maximum absolute atomic E-state index is 12.5. The highest BCUT2D eigenvalue weighted by Gasteiger charge is 2.25. The number of aromatic nitrogens is 3. The third-order valence-corrected chi connectivity index (χ3v) is 6.19. The number of rotatable bonds is 10. The highest BCUT2D eigenvalue weighted by atomic mass is 32.2. The van der Waals surface area contributed by atoms with Gasteiger partial charge in [-0.25, -0.2) is 5.43 Å². The van der Waals surface area contributed by atoms with E-state index < -0.39 is 5.97 Å². The molecule has 4 aromatic rings. The van der Waals surface area contributed by atoms with E-state index in [4.69, 9.17) is 9.47 Å². The van der Waals surface area contributed by atoms with Gasteiger partial charge < -0.3 is 19.4 Å². The molecular formula is C26H23N5O5S. The molecule has 0 aliphatic rings. The van der Waals surface area contributed by atoms with Gasteiger partial charge in [-0.2, -0.15) is 9.67 Å². The number of carboxylic acid groups (broad SMARTS) is 1. The Labute approximate surface area is 217 Å². The Morgan fingerprint density at radius 1 is 1.05 bits per heavy atom. The van der Waals surface area contributed by atoms with Crippen LogP contribution in [0, 0.1) is 0 Å². The molecule has 0 aliphatic heterocycles. The van der Waals surface area contributed by atoms with Crippen molar-refractivity contribution in [3.8, 4) is 28.6 Å². The molecule has 1 heterocycles. The van der Waals surface area contributed by atoms with Crippen LogP contribution >= 0.6 is 11.8 Å². The quantitative estimate of drug-likeness (QED) is 0.142. The van der Waals surface area contributed by atoms with E-state index in [1.165, 1.54) is 24.0 Å². The zero-order valence-electron chi connectivity index (χ0n) is 20.0. The van der Waals surface area contributed by atoms with Crippen LogP contribution in [0.25, 0.3) is 17.1 Å². The van der Waals surface area contributed by atoms with E-state index in [0.717, 1.165) is 11.3 Å². The molecule has 0 saturated carbocycles. The Balaban J connectivity index is 1.54. The van der Waals surface area contributed by atoms with Gasteiger partial charge in [-0.15, -0.1) is 5.10 Å². The largest absolute Gasteiger partial charge is 0.545 e. The predicted octanol–water partition coefficient (Wildman–Crippen LogP) is 1.98. The van der Waals surface area contributed by atoms with Crippen LogP contribution in [-0.4, -0.2) is 48.3 Å². The van der Waals surface area contributed by atoms with Crippen molar-refractivity contribution >= 4 is 29.9 Å². The third-order valence-electron chi connectivity index (χ3n) is 5.25. The van der Waals surface area contributed by atoms with Crippen LogP contribution in [0.5, 0.6) is 11.5 Å². The summed E-state index contributed by atoms with van der Waals surface area (Å²) in [6.07, 6.45) is 1.27. The number of hydrazone groups is 1. The summed E-state index contributed by atoms with van der Waals surface area (Å²) in [5.41, 5.74) is 4.37. The fraction of sp³-hybridized carbons (Fsp3) is 0.115. The molecule has 11 heteroatoms. The molecule has 37 heavy (non-hydrogen) atoms. The molecule has 0 radical (unpaired) electrons. The number of H-pyrrole nitrogens is 1. The zero-order chi connectivity index (χ0) is 26.2. The Morgan fingerprint density at radius 3 is 2.51 bits per heavy atom. The van der Waals surface area contributed by atoms with Crippen molar-refractivity contribution in [3.05, 3.63) is 83.9 Å². The number of hydrogen-bond acceptors (Lipinski definition) is 8. The summed E-state index contributed by atoms with van der Waals surface area (Å²) in [4.78, 5) is 23.7. The lowest BCUT2D eigenvalue weighted by molar-refractivity contribution is -0.625. The lowest BCUT2D eigenvalue weighted by Gasteiger charge is -2.09. The van der Waals surface area contributed by atoms with E-state index >= 15 is 0 Å². The maximum Gasteiger partial charge on any atom is 0.342 e. The summed E-state index contributed by atoms with van der Waals surface area (Å²) < 4.78 is 12.7. The number of thioether (sulfide) groups is 1. The minimum Gasteiger partial charge on any atom is -0.545 e. The molecule has 0 saturated heterocycles. The molecule has 2 N–H and O–H groups in total. The van der Waals surface area contributed by atoms with E-state index in [9.17, 15) is 14.7 Å². The van der Waals surface area contributed by atoms with Gasteiger partial charge in [-0.05, 0) is 42.1 Å². The fourth-order valence-corrected chi connectivity index (χ4v) is 4.28. The number of hydrogen-bond donors (Lipinski definition) is 2. The van der Waals surface area contributed by atoms with Crippen molar-refractivity contribution in [2.75, 3.05) is 20.0 Å². The molecule has 188 valence electrons. The standard InChI is InChI=1S/C26H23N5O5S/c1-35-21-13-12-17(14-22(21)36-2)24-29-30-26(31(24)19-9-4-3-5-10-19)37-16-23(32)28-27-15-18-8-6-7-11-20(18)25(33)34/h3-15H,16H2,1-2H3,(H2,28,32,33,34)/b27-15+. The molecule has 0 spiro atoms. The summed E-state index contributed by atoms with van der Waals surface area (Å²) in [6, 6.07) is 21.4. The number of ether oxygens (including phenoxy) is 2. The first-order chi connectivity index (χ1) is 18.0. The van der Waals surface area contributed by atoms with Crippen LogP contribution < -0.4 is 24.6 Å². The van der Waals surface area contributed by atoms with E-state index in [1.54, 1.807) is 38.5 Å². The number of aromatic carboxylic acids is 1. The Hall–Kier alpha value is -4.64. The summed E-state index contributed by atoms with van der Waals surface area (Å²) in [6.45, 7) is 0. The van der Waals surface area contributed by atoms with Crippen molar-refractivity contribution < 1.29 is 28.7 Å². The molecule has 10 nitrogen and oxygen atoms in total. The molecule has 0 atom stereocenters. The van der Waals surface area contributed by atoms with E-state index in [2.05, 4.69) is 20.7 Å². The summed E-state index contributed by atoms with van der Waals surface area (Å²) >= 11 is 1.21. The second-order valence-corrected chi connectivity index (χ2v) is 8.49. The lowest BCUT2D eigenvalue weighted by atomic mass is 10.1. The van der Waals surface area contributed by atoms with E-state index in [-0.39, 0.29) is 17.2 Å². The number of nitrogens with one attached hydrogen (secondary N) is 2.